The third-order valence-corrected chi connectivity index (χ3v) is 4.36. The quantitative estimate of drug-likeness (QED) is 0.417. The molecule has 0 aliphatic carbocycles. The van der Waals surface area contributed by atoms with Gasteiger partial charge in [-0.1, -0.05) is 40.2 Å². The summed E-state index contributed by atoms with van der Waals surface area (Å²) in [4.78, 5) is 13.2. The lowest BCUT2D eigenvalue weighted by molar-refractivity contribution is -0.146. The predicted octanol–water partition coefficient (Wildman–Crippen LogP) is 2.48. The van der Waals surface area contributed by atoms with Gasteiger partial charge in [0.25, 0.3) is 0 Å². The summed E-state index contributed by atoms with van der Waals surface area (Å²) in [5.41, 5.74) is 1.39. The Morgan fingerprint density at radius 2 is 1.77 bits per heavy atom. The fourth-order valence-corrected chi connectivity index (χ4v) is 2.97. The average Bonchev–Trinajstić information content (AvgIpc) is 2.77. The number of hydrogen-bond acceptors (Lipinski definition) is 5. The van der Waals surface area contributed by atoms with Gasteiger partial charge in [0.1, 0.15) is 12.5 Å². The van der Waals surface area contributed by atoms with Gasteiger partial charge in [0, 0.05) is 23.0 Å². The molecule has 2 unspecified atom stereocenters. The maximum Gasteiger partial charge on any atom is 0.307 e. The van der Waals surface area contributed by atoms with Gasteiger partial charge >= 0.3 is 5.97 Å². The Kier molecular flexibility index (Phi) is 6.82. The van der Waals surface area contributed by atoms with Crippen molar-refractivity contribution < 1.29 is 19.7 Å². The van der Waals surface area contributed by atoms with E-state index >= 15 is 0 Å². The molecule has 1 aromatic carbocycles. The smallest absolute Gasteiger partial charge is 0.307 e. The maximum atomic E-state index is 11.7. The molecule has 6 heteroatoms. The maximum absolute atomic E-state index is 11.7. The Balaban J connectivity index is 1.75. The number of ether oxygens (including phenoxy) is 1. The number of unbranched alkanes of at least 4 members (excludes halogenated alkanes) is 2. The average molecular weight is 372 g/mol. The van der Waals surface area contributed by atoms with E-state index in [1.165, 1.54) is 4.90 Å². The first-order chi connectivity index (χ1) is 10.6. The molecule has 0 spiro atoms. The molecule has 1 heterocycles. The zero-order valence-electron chi connectivity index (χ0n) is 12.4. The molecule has 0 saturated carbocycles. The van der Waals surface area contributed by atoms with Crippen LogP contribution in [-0.4, -0.2) is 39.6 Å². The van der Waals surface area contributed by atoms with Crippen LogP contribution in [-0.2, 0) is 9.53 Å². The van der Waals surface area contributed by atoms with E-state index in [1.807, 2.05) is 12.1 Å². The highest BCUT2D eigenvalue weighted by atomic mass is 79.9. The van der Waals surface area contributed by atoms with Crippen LogP contribution in [0.1, 0.15) is 49.3 Å². The number of halogens is 1. The third-order valence-electron chi connectivity index (χ3n) is 3.80. The first-order valence-electron chi connectivity index (χ1n) is 7.57. The Morgan fingerprint density at radius 1 is 1.14 bits per heavy atom. The topological polar surface area (TPSA) is 70.0 Å². The molecule has 0 bridgehead atoms. The van der Waals surface area contributed by atoms with Crippen molar-refractivity contribution in [2.24, 2.45) is 0 Å². The van der Waals surface area contributed by atoms with Gasteiger partial charge in [0.05, 0.1) is 13.0 Å². The van der Waals surface area contributed by atoms with Gasteiger partial charge in [-0.05, 0) is 19.3 Å². The molecule has 0 radical (unpaired) electrons. The molecule has 1 aromatic rings. The second-order valence-corrected chi connectivity index (χ2v) is 6.13. The molecule has 122 valence electrons. The lowest BCUT2D eigenvalue weighted by Gasteiger charge is -2.23. The van der Waals surface area contributed by atoms with Gasteiger partial charge in [0.15, 0.2) is 0 Å². The number of carbonyl (C=O) groups excluding carboxylic acids is 1. The van der Waals surface area contributed by atoms with Crippen LogP contribution in [0.5, 0.6) is 0 Å². The Bertz CT molecular complexity index is 468. The van der Waals surface area contributed by atoms with E-state index in [0.717, 1.165) is 24.6 Å². The Hall–Kier alpha value is -0.950. The number of carbonyl (C=O) groups is 1. The molecule has 5 nitrogen and oxygen atoms in total. The molecule has 2 rings (SSSR count). The SMILES string of the molecule is O=C(CCN1C(O)c2ccccc2C1O)OCCCCCBr. The van der Waals surface area contributed by atoms with Gasteiger partial charge in [-0.2, -0.15) is 0 Å². The first-order valence-corrected chi connectivity index (χ1v) is 8.69. The summed E-state index contributed by atoms with van der Waals surface area (Å²) in [6.07, 6.45) is 1.35. The first kappa shape index (κ1) is 17.4. The molecule has 0 amide bonds. The zero-order chi connectivity index (χ0) is 15.9. The molecule has 22 heavy (non-hydrogen) atoms. The molecule has 1 aliphatic rings. The number of hydrogen-bond donors (Lipinski definition) is 2. The monoisotopic (exact) mass is 371 g/mol. The number of rotatable bonds is 8. The summed E-state index contributed by atoms with van der Waals surface area (Å²) in [5.74, 6) is -0.297. The van der Waals surface area contributed by atoms with Crippen molar-refractivity contribution in [3.05, 3.63) is 35.4 Å². The van der Waals surface area contributed by atoms with Gasteiger partial charge < -0.3 is 14.9 Å². The molecule has 0 saturated heterocycles. The molecular formula is C16H22BrNO4. The second-order valence-electron chi connectivity index (χ2n) is 5.33. The summed E-state index contributed by atoms with van der Waals surface area (Å²) >= 11 is 3.36. The number of aliphatic hydroxyl groups is 2. The minimum Gasteiger partial charge on any atom is -0.466 e. The van der Waals surface area contributed by atoms with Crippen LogP contribution >= 0.6 is 15.9 Å². The molecule has 2 atom stereocenters. The van der Waals surface area contributed by atoms with Crippen molar-refractivity contribution in [2.45, 2.75) is 38.1 Å². The van der Waals surface area contributed by atoms with Crippen LogP contribution in [0.25, 0.3) is 0 Å². The lowest BCUT2D eigenvalue weighted by Crippen LogP contribution is -2.29. The number of benzene rings is 1. The van der Waals surface area contributed by atoms with Crippen molar-refractivity contribution in [3.8, 4) is 0 Å². The van der Waals surface area contributed by atoms with Gasteiger partial charge in [-0.25, -0.2) is 4.90 Å². The fourth-order valence-electron chi connectivity index (χ4n) is 2.57. The molecular weight excluding hydrogens is 350 g/mol. The van der Waals surface area contributed by atoms with Crippen LogP contribution in [0.15, 0.2) is 24.3 Å². The van der Waals surface area contributed by atoms with E-state index < -0.39 is 12.5 Å². The van der Waals surface area contributed by atoms with E-state index in [2.05, 4.69) is 15.9 Å². The molecule has 0 fully saturated rings. The van der Waals surface area contributed by atoms with Crippen LogP contribution < -0.4 is 0 Å². The predicted molar refractivity (Wildman–Crippen MR) is 86.3 cm³/mol. The van der Waals surface area contributed by atoms with Crippen molar-refractivity contribution in [1.82, 2.24) is 4.90 Å². The summed E-state index contributed by atoms with van der Waals surface area (Å²) in [6, 6.07) is 7.20. The fraction of sp³-hybridized carbons (Fsp3) is 0.562. The van der Waals surface area contributed by atoms with Crippen LogP contribution in [0.4, 0.5) is 0 Å². The van der Waals surface area contributed by atoms with Gasteiger partial charge in [-0.15, -0.1) is 0 Å². The van der Waals surface area contributed by atoms with Crippen molar-refractivity contribution in [3.63, 3.8) is 0 Å². The molecule has 1 aliphatic heterocycles. The van der Waals surface area contributed by atoms with E-state index in [0.29, 0.717) is 17.7 Å². The summed E-state index contributed by atoms with van der Waals surface area (Å²) in [6.45, 7) is 0.689. The molecule has 2 N–H and O–H groups in total. The number of alkyl halides is 1. The lowest BCUT2D eigenvalue weighted by atomic mass is 10.1. The Labute approximate surface area is 139 Å². The second kappa shape index (κ2) is 8.62. The van der Waals surface area contributed by atoms with Crippen molar-refractivity contribution in [2.75, 3.05) is 18.5 Å². The number of nitrogens with zero attached hydrogens (tertiary/aromatic N) is 1. The molecule has 0 aromatic heterocycles. The van der Waals surface area contributed by atoms with E-state index in [-0.39, 0.29) is 18.9 Å². The highest BCUT2D eigenvalue weighted by Crippen LogP contribution is 2.38. The zero-order valence-corrected chi connectivity index (χ0v) is 14.0. The summed E-state index contributed by atoms with van der Waals surface area (Å²) in [7, 11) is 0. The van der Waals surface area contributed by atoms with Crippen molar-refractivity contribution >= 4 is 21.9 Å². The minimum absolute atomic E-state index is 0.153. The van der Waals surface area contributed by atoms with Crippen LogP contribution in [0.2, 0.25) is 0 Å². The van der Waals surface area contributed by atoms with Crippen LogP contribution in [0, 0.1) is 0 Å². The van der Waals surface area contributed by atoms with Crippen molar-refractivity contribution in [1.29, 1.82) is 0 Å². The third kappa shape index (κ3) is 4.29. The van der Waals surface area contributed by atoms with E-state index in [9.17, 15) is 15.0 Å². The Morgan fingerprint density at radius 3 is 2.36 bits per heavy atom. The minimum atomic E-state index is -0.877. The number of fused-ring (bicyclic) bond motifs is 1. The van der Waals surface area contributed by atoms with Crippen LogP contribution in [0.3, 0.4) is 0 Å². The van der Waals surface area contributed by atoms with E-state index in [1.54, 1.807) is 12.1 Å². The highest BCUT2D eigenvalue weighted by molar-refractivity contribution is 9.09. The largest absolute Gasteiger partial charge is 0.466 e. The standard InChI is InChI=1S/C16H22BrNO4/c17-9-4-1-5-11-22-14(19)8-10-18-15(20)12-6-2-3-7-13(12)16(18)21/h2-3,6-7,15-16,20-21H,1,4-5,8-11H2. The number of aliphatic hydroxyl groups excluding tert-OH is 2. The summed E-state index contributed by atoms with van der Waals surface area (Å²) < 4.78 is 5.15. The van der Waals surface area contributed by atoms with E-state index in [4.69, 9.17) is 4.74 Å². The highest BCUT2D eigenvalue weighted by Gasteiger charge is 2.35. The van der Waals surface area contributed by atoms with Gasteiger partial charge in [0.2, 0.25) is 0 Å². The summed E-state index contributed by atoms with van der Waals surface area (Å²) in [5, 5.41) is 21.4. The van der Waals surface area contributed by atoms with Gasteiger partial charge in [-0.3, -0.25) is 4.79 Å². The number of esters is 1. The normalized spacial score (nSPS) is 20.9.